The number of hydrogen-bond acceptors (Lipinski definition) is 9. The maximum absolute atomic E-state index is 14.2. The average Bonchev–Trinajstić information content (AvgIpc) is 2.78. The molecule has 5 N–H and O–H groups in total. The zero-order valence-electron chi connectivity index (χ0n) is 17.2. The summed E-state index contributed by atoms with van der Waals surface area (Å²) in [5.74, 6) is -1.76. The van der Waals surface area contributed by atoms with E-state index < -0.39 is 48.6 Å². The number of aliphatic hydroxyl groups excluding tert-OH is 3. The molecule has 0 radical (unpaired) electrons. The first-order chi connectivity index (χ1) is 16.2. The molecule has 1 fully saturated rings. The van der Waals surface area contributed by atoms with Crippen molar-refractivity contribution >= 4 is 29.2 Å². The molecule has 184 valence electrons. The van der Waals surface area contributed by atoms with Crippen molar-refractivity contribution in [1.29, 1.82) is 0 Å². The van der Waals surface area contributed by atoms with Crippen LogP contribution in [0.1, 0.15) is 0 Å². The van der Waals surface area contributed by atoms with E-state index in [1.54, 1.807) is 18.2 Å². The fourth-order valence-corrected chi connectivity index (χ4v) is 4.20. The van der Waals surface area contributed by atoms with Crippen molar-refractivity contribution in [1.82, 2.24) is 5.48 Å². The maximum atomic E-state index is 14.2. The molecule has 0 saturated carbocycles. The monoisotopic (exact) mass is 519 g/mol. The summed E-state index contributed by atoms with van der Waals surface area (Å²) in [5.41, 5.74) is 3.12. The van der Waals surface area contributed by atoms with Crippen LogP contribution in [0.15, 0.2) is 30.3 Å². The number of nitrogens with one attached hydrogen (secondary N) is 1. The standard InChI is InChI=1S/C21H20Cl2FNO9/c22-11-2-1-3-12(23)14(11)10-4-8(24)5-13-18(10)32-9(7-31-13)6-25-34-21-17(28)15(26)16(27)19(33-21)20(29)30/h1-5,9,15-17,19,21,25-28H,6-7H2,(H,29,30)/t9-,15?,16?,17?,19?,21?/m0/s1. The number of hydroxylamine groups is 1. The largest absolute Gasteiger partial charge is 0.486 e. The van der Waals surface area contributed by atoms with E-state index in [1.165, 1.54) is 6.07 Å². The lowest BCUT2D eigenvalue weighted by Crippen LogP contribution is -2.61. The third-order valence-electron chi connectivity index (χ3n) is 5.28. The lowest BCUT2D eigenvalue weighted by atomic mass is 9.99. The van der Waals surface area contributed by atoms with Gasteiger partial charge in [-0.05, 0) is 18.2 Å². The molecule has 6 atom stereocenters. The van der Waals surface area contributed by atoms with Crippen LogP contribution in [0, 0.1) is 5.82 Å². The van der Waals surface area contributed by atoms with Gasteiger partial charge in [0, 0.05) is 17.2 Å². The number of halogens is 3. The highest BCUT2D eigenvalue weighted by Crippen LogP contribution is 2.46. The van der Waals surface area contributed by atoms with Gasteiger partial charge in [0.1, 0.15) is 36.8 Å². The molecule has 4 rings (SSSR count). The zero-order valence-corrected chi connectivity index (χ0v) is 18.7. The van der Waals surface area contributed by atoms with E-state index in [2.05, 4.69) is 5.48 Å². The van der Waals surface area contributed by atoms with Crippen molar-refractivity contribution in [3.8, 4) is 22.6 Å². The minimum absolute atomic E-state index is 0.00429. The molecule has 2 aromatic rings. The molecule has 0 bridgehead atoms. The Hall–Kier alpha value is -2.22. The predicted molar refractivity (Wildman–Crippen MR) is 115 cm³/mol. The highest BCUT2D eigenvalue weighted by molar-refractivity contribution is 6.39. The average molecular weight is 520 g/mol. The van der Waals surface area contributed by atoms with Crippen LogP contribution in [-0.2, 0) is 14.4 Å². The Kier molecular flexibility index (Phi) is 7.45. The molecule has 34 heavy (non-hydrogen) atoms. The summed E-state index contributed by atoms with van der Waals surface area (Å²) in [7, 11) is 0. The van der Waals surface area contributed by atoms with Crippen LogP contribution >= 0.6 is 23.2 Å². The predicted octanol–water partition coefficient (Wildman–Crippen LogP) is 1.35. The van der Waals surface area contributed by atoms with E-state index in [1.807, 2.05) is 0 Å². The second-order valence-corrected chi connectivity index (χ2v) is 8.44. The van der Waals surface area contributed by atoms with Gasteiger partial charge in [0.05, 0.1) is 16.6 Å². The summed E-state index contributed by atoms with van der Waals surface area (Å²) in [4.78, 5) is 16.3. The van der Waals surface area contributed by atoms with Gasteiger partial charge >= 0.3 is 5.97 Å². The highest BCUT2D eigenvalue weighted by Gasteiger charge is 2.47. The van der Waals surface area contributed by atoms with Gasteiger partial charge in [0.2, 0.25) is 6.29 Å². The first-order valence-electron chi connectivity index (χ1n) is 10.1. The molecule has 10 nitrogen and oxygen atoms in total. The van der Waals surface area contributed by atoms with E-state index in [4.69, 9.17) is 47.4 Å². The Morgan fingerprint density at radius 3 is 2.53 bits per heavy atom. The number of carboxylic acids is 1. The molecule has 13 heteroatoms. The van der Waals surface area contributed by atoms with Crippen molar-refractivity contribution in [2.75, 3.05) is 13.2 Å². The van der Waals surface area contributed by atoms with Crippen molar-refractivity contribution in [3.63, 3.8) is 0 Å². The molecule has 0 aromatic heterocycles. The summed E-state index contributed by atoms with van der Waals surface area (Å²) in [6, 6.07) is 7.22. The number of carbonyl (C=O) groups is 1. The molecule has 2 aromatic carbocycles. The van der Waals surface area contributed by atoms with Gasteiger partial charge in [-0.3, -0.25) is 4.84 Å². The molecule has 2 aliphatic rings. The number of ether oxygens (including phenoxy) is 3. The molecule has 2 heterocycles. The highest BCUT2D eigenvalue weighted by atomic mass is 35.5. The first-order valence-corrected chi connectivity index (χ1v) is 10.8. The number of hydrogen-bond donors (Lipinski definition) is 5. The Balaban J connectivity index is 1.46. The van der Waals surface area contributed by atoms with Crippen LogP contribution in [0.5, 0.6) is 11.5 Å². The molecule has 1 saturated heterocycles. The van der Waals surface area contributed by atoms with Crippen molar-refractivity contribution in [2.24, 2.45) is 0 Å². The van der Waals surface area contributed by atoms with E-state index >= 15 is 0 Å². The maximum Gasteiger partial charge on any atom is 0.335 e. The number of benzene rings is 2. The molecule has 5 unspecified atom stereocenters. The van der Waals surface area contributed by atoms with Crippen LogP contribution in [0.3, 0.4) is 0 Å². The van der Waals surface area contributed by atoms with Crippen molar-refractivity contribution in [3.05, 3.63) is 46.2 Å². The summed E-state index contributed by atoms with van der Waals surface area (Å²) >= 11 is 12.6. The number of carboxylic acid groups (broad SMARTS) is 1. The molecular formula is C21H20Cl2FNO9. The van der Waals surface area contributed by atoms with Gasteiger partial charge in [-0.15, -0.1) is 0 Å². The third kappa shape index (κ3) is 4.92. The summed E-state index contributed by atoms with van der Waals surface area (Å²) in [6.07, 6.45) is -9.44. The van der Waals surface area contributed by atoms with E-state index in [-0.39, 0.29) is 40.3 Å². The second-order valence-electron chi connectivity index (χ2n) is 7.63. The van der Waals surface area contributed by atoms with Crippen LogP contribution in [0.4, 0.5) is 4.39 Å². The van der Waals surface area contributed by atoms with E-state index in [0.717, 1.165) is 6.07 Å². The fourth-order valence-electron chi connectivity index (χ4n) is 3.59. The Morgan fingerprint density at radius 1 is 1.15 bits per heavy atom. The van der Waals surface area contributed by atoms with Gasteiger partial charge < -0.3 is 34.6 Å². The fraction of sp³-hybridized carbons (Fsp3) is 0.381. The minimum Gasteiger partial charge on any atom is -0.486 e. The number of aliphatic carboxylic acids is 1. The topological polar surface area (TPSA) is 147 Å². The van der Waals surface area contributed by atoms with Crippen LogP contribution < -0.4 is 15.0 Å². The lowest BCUT2D eigenvalue weighted by molar-refractivity contribution is -0.309. The van der Waals surface area contributed by atoms with Crippen molar-refractivity contribution in [2.45, 2.75) is 36.8 Å². The van der Waals surface area contributed by atoms with Crippen LogP contribution in [-0.4, -0.2) is 76.4 Å². The Morgan fingerprint density at radius 2 is 1.85 bits per heavy atom. The number of rotatable bonds is 6. The van der Waals surface area contributed by atoms with Gasteiger partial charge in [0.25, 0.3) is 0 Å². The number of aliphatic hydroxyl groups is 3. The van der Waals surface area contributed by atoms with Gasteiger partial charge in [0.15, 0.2) is 17.6 Å². The molecule has 0 aliphatic carbocycles. The second kappa shape index (κ2) is 10.2. The summed E-state index contributed by atoms with van der Waals surface area (Å²) < 4.78 is 30.8. The first kappa shape index (κ1) is 24.9. The van der Waals surface area contributed by atoms with Gasteiger partial charge in [-0.2, -0.15) is 5.48 Å². The summed E-state index contributed by atoms with van der Waals surface area (Å²) in [5, 5.41) is 39.2. The molecule has 0 amide bonds. The quantitative estimate of drug-likeness (QED) is 0.354. The minimum atomic E-state index is -1.84. The third-order valence-corrected chi connectivity index (χ3v) is 5.91. The van der Waals surface area contributed by atoms with Crippen LogP contribution in [0.2, 0.25) is 10.0 Å². The van der Waals surface area contributed by atoms with E-state index in [0.29, 0.717) is 5.56 Å². The van der Waals surface area contributed by atoms with Gasteiger partial charge in [-0.25, -0.2) is 9.18 Å². The Bertz CT molecular complexity index is 1050. The van der Waals surface area contributed by atoms with Crippen LogP contribution in [0.25, 0.3) is 11.1 Å². The zero-order chi connectivity index (χ0) is 24.6. The Labute approximate surface area is 202 Å². The van der Waals surface area contributed by atoms with Crippen molar-refractivity contribution < 1.29 is 48.7 Å². The van der Waals surface area contributed by atoms with E-state index in [9.17, 15) is 24.5 Å². The molecular weight excluding hydrogens is 500 g/mol. The SMILES string of the molecule is O=C(O)C1OC(ONC[C@H]2COc3cc(F)cc(-c4c(Cl)cccc4Cl)c3O2)C(O)C(O)C1O. The molecule has 2 aliphatic heterocycles. The number of fused-ring (bicyclic) bond motifs is 1. The summed E-state index contributed by atoms with van der Waals surface area (Å²) in [6.45, 7) is -0.0504. The normalized spacial score (nSPS) is 28.5. The lowest BCUT2D eigenvalue weighted by Gasteiger charge is -2.38. The molecule has 0 spiro atoms. The smallest absolute Gasteiger partial charge is 0.335 e. The van der Waals surface area contributed by atoms with Gasteiger partial charge in [-0.1, -0.05) is 29.3 Å².